The third-order valence-corrected chi connectivity index (χ3v) is 10.1. The van der Waals surface area contributed by atoms with E-state index in [2.05, 4.69) is 15.7 Å². The maximum absolute atomic E-state index is 13.6. The lowest BCUT2D eigenvalue weighted by Crippen LogP contribution is -2.29. The third-order valence-electron chi connectivity index (χ3n) is 8.22. The molecular weight excluding hydrogens is 564 g/mol. The molecule has 1 aliphatic heterocycles. The van der Waals surface area contributed by atoms with Crippen LogP contribution in [0.2, 0.25) is 0 Å². The first-order valence-electron chi connectivity index (χ1n) is 14.3. The fraction of sp³-hybridized carbons (Fsp3) is 0.273. The topological polar surface area (TPSA) is 107 Å². The second kappa shape index (κ2) is 11.3. The van der Waals surface area contributed by atoms with E-state index in [0.717, 1.165) is 33.3 Å². The Kier molecular flexibility index (Phi) is 7.57. The predicted octanol–water partition coefficient (Wildman–Crippen LogP) is 5.62. The molecule has 0 aliphatic carbocycles. The fourth-order valence-corrected chi connectivity index (χ4v) is 7.70. The van der Waals surface area contributed by atoms with Crippen molar-refractivity contribution in [3.05, 3.63) is 90.8 Å². The summed E-state index contributed by atoms with van der Waals surface area (Å²) in [5.41, 5.74) is 5.49. The summed E-state index contributed by atoms with van der Waals surface area (Å²) < 4.78 is 38.2. The molecule has 9 nitrogen and oxygen atoms in total. The highest BCUT2D eigenvalue weighted by Gasteiger charge is 2.39. The number of hydrogen-bond acceptors (Lipinski definition) is 5. The molecule has 222 valence electrons. The van der Waals surface area contributed by atoms with E-state index in [4.69, 9.17) is 4.74 Å². The maximum atomic E-state index is 13.6. The molecule has 0 saturated carbocycles. The van der Waals surface area contributed by atoms with Gasteiger partial charge in [-0.3, -0.25) is 9.48 Å². The van der Waals surface area contributed by atoms with E-state index in [1.165, 1.54) is 4.31 Å². The van der Waals surface area contributed by atoms with Gasteiger partial charge < -0.3 is 14.4 Å². The minimum atomic E-state index is -3.74. The van der Waals surface area contributed by atoms with E-state index < -0.39 is 16.0 Å². The van der Waals surface area contributed by atoms with Gasteiger partial charge in [0.2, 0.25) is 10.0 Å². The summed E-state index contributed by atoms with van der Waals surface area (Å²) in [6.45, 7) is 5.06. The van der Waals surface area contributed by atoms with E-state index in [1.54, 1.807) is 24.3 Å². The summed E-state index contributed by atoms with van der Waals surface area (Å²) in [7, 11) is -1.82. The Hall–Kier alpha value is -4.41. The Morgan fingerprint density at radius 1 is 1.02 bits per heavy atom. The number of ether oxygens (including phenoxy) is 1. The van der Waals surface area contributed by atoms with Crippen molar-refractivity contribution in [2.45, 2.75) is 31.2 Å². The Labute approximate surface area is 251 Å². The standard InChI is InChI=1S/C33H34N4O5S/c1-4-42-26-11-13-27(14-12-26)43(40,41)36-19-22(2)31(21-36)37-20-25(17-32(38)39)28-15-10-24(16-30(28)37)29-18-34-35(3)33(29)23-8-6-5-7-9-23/h5-16,18,20,22,31H,4,17,19,21H2,1-3H3,(H,38,39)/t22-,31+/m1/s1. The average Bonchev–Trinajstić information content (AvgIpc) is 3.68. The van der Waals surface area contributed by atoms with Crippen molar-refractivity contribution in [1.29, 1.82) is 0 Å². The van der Waals surface area contributed by atoms with Crippen LogP contribution in [-0.4, -0.2) is 57.8 Å². The molecule has 43 heavy (non-hydrogen) atoms. The van der Waals surface area contributed by atoms with Crippen molar-refractivity contribution in [3.8, 4) is 28.1 Å². The number of aromatic nitrogens is 3. The summed E-state index contributed by atoms with van der Waals surface area (Å²) in [5, 5.41) is 15.0. The molecule has 1 fully saturated rings. The number of carboxylic acid groups (broad SMARTS) is 1. The van der Waals surface area contributed by atoms with Crippen LogP contribution in [0, 0.1) is 5.92 Å². The van der Waals surface area contributed by atoms with Crippen LogP contribution in [0.5, 0.6) is 5.75 Å². The van der Waals surface area contributed by atoms with E-state index in [1.807, 2.05) is 80.4 Å². The van der Waals surface area contributed by atoms with Crippen LogP contribution in [0.15, 0.2) is 90.1 Å². The van der Waals surface area contributed by atoms with Gasteiger partial charge in [0, 0.05) is 48.4 Å². The highest BCUT2D eigenvalue weighted by molar-refractivity contribution is 7.89. The molecule has 10 heteroatoms. The Balaban J connectivity index is 1.40. The van der Waals surface area contributed by atoms with Gasteiger partial charge in [0.25, 0.3) is 0 Å². The summed E-state index contributed by atoms with van der Waals surface area (Å²) >= 11 is 0. The molecular formula is C33H34N4O5S. The summed E-state index contributed by atoms with van der Waals surface area (Å²) in [6, 6.07) is 22.4. The number of fused-ring (bicyclic) bond motifs is 1. The van der Waals surface area contributed by atoms with E-state index in [9.17, 15) is 18.3 Å². The first-order chi connectivity index (χ1) is 20.7. The number of rotatable bonds is 9. The Bertz CT molecular complexity index is 1900. The molecule has 3 heterocycles. The molecule has 1 N–H and O–H groups in total. The van der Waals surface area contributed by atoms with Gasteiger partial charge in [-0.2, -0.15) is 9.40 Å². The van der Waals surface area contributed by atoms with Crippen LogP contribution in [0.25, 0.3) is 33.3 Å². The minimum absolute atomic E-state index is 0.00678. The monoisotopic (exact) mass is 598 g/mol. The van der Waals surface area contributed by atoms with Gasteiger partial charge in [-0.25, -0.2) is 8.42 Å². The van der Waals surface area contributed by atoms with Crippen molar-refractivity contribution in [1.82, 2.24) is 18.7 Å². The summed E-state index contributed by atoms with van der Waals surface area (Å²) in [5.74, 6) is -0.299. The maximum Gasteiger partial charge on any atom is 0.307 e. The number of carbonyl (C=O) groups is 1. The number of hydrogen-bond donors (Lipinski definition) is 1. The Morgan fingerprint density at radius 3 is 2.47 bits per heavy atom. The average molecular weight is 599 g/mol. The molecule has 1 aliphatic rings. The molecule has 3 aromatic carbocycles. The first kappa shape index (κ1) is 28.7. The highest BCUT2D eigenvalue weighted by atomic mass is 32.2. The van der Waals surface area contributed by atoms with Gasteiger partial charge in [0.05, 0.1) is 35.9 Å². The molecule has 5 aromatic rings. The zero-order chi connectivity index (χ0) is 30.3. The molecule has 2 aromatic heterocycles. The largest absolute Gasteiger partial charge is 0.494 e. The van der Waals surface area contributed by atoms with Gasteiger partial charge in [0.15, 0.2) is 0 Å². The van der Waals surface area contributed by atoms with Crippen molar-refractivity contribution in [2.24, 2.45) is 13.0 Å². The molecule has 0 radical (unpaired) electrons. The van der Waals surface area contributed by atoms with Crippen LogP contribution in [0.1, 0.15) is 25.5 Å². The summed E-state index contributed by atoms with van der Waals surface area (Å²) in [6.07, 6.45) is 3.61. The van der Waals surface area contributed by atoms with Gasteiger partial charge in [-0.1, -0.05) is 49.4 Å². The van der Waals surface area contributed by atoms with Crippen LogP contribution >= 0.6 is 0 Å². The minimum Gasteiger partial charge on any atom is -0.494 e. The highest BCUT2D eigenvalue weighted by Crippen LogP contribution is 2.39. The molecule has 2 atom stereocenters. The van der Waals surface area contributed by atoms with E-state index in [0.29, 0.717) is 24.5 Å². The summed E-state index contributed by atoms with van der Waals surface area (Å²) in [4.78, 5) is 12.0. The molecule has 0 spiro atoms. The molecule has 0 unspecified atom stereocenters. The van der Waals surface area contributed by atoms with Crippen LogP contribution < -0.4 is 4.74 Å². The van der Waals surface area contributed by atoms with Crippen LogP contribution in [-0.2, 0) is 28.3 Å². The Morgan fingerprint density at radius 2 is 1.77 bits per heavy atom. The van der Waals surface area contributed by atoms with Gasteiger partial charge >= 0.3 is 5.97 Å². The van der Waals surface area contributed by atoms with Gasteiger partial charge in [-0.05, 0) is 54.3 Å². The van der Waals surface area contributed by atoms with E-state index >= 15 is 0 Å². The molecule has 6 rings (SSSR count). The third kappa shape index (κ3) is 5.32. The van der Waals surface area contributed by atoms with Crippen LogP contribution in [0.4, 0.5) is 0 Å². The molecule has 1 saturated heterocycles. The second-order valence-electron chi connectivity index (χ2n) is 11.0. The molecule has 0 bridgehead atoms. The van der Waals surface area contributed by atoms with Crippen molar-refractivity contribution in [2.75, 3.05) is 19.7 Å². The number of aryl methyl sites for hydroxylation is 1. The fourth-order valence-electron chi connectivity index (χ4n) is 6.14. The van der Waals surface area contributed by atoms with E-state index in [-0.39, 0.29) is 29.8 Å². The number of aliphatic carboxylic acids is 1. The smallest absolute Gasteiger partial charge is 0.307 e. The number of nitrogens with zero attached hydrogens (tertiary/aromatic N) is 4. The zero-order valence-corrected chi connectivity index (χ0v) is 25.2. The lowest BCUT2D eigenvalue weighted by atomic mass is 9.99. The van der Waals surface area contributed by atoms with Gasteiger partial charge in [0.1, 0.15) is 5.75 Å². The number of sulfonamides is 1. The second-order valence-corrected chi connectivity index (χ2v) is 13.0. The lowest BCUT2D eigenvalue weighted by molar-refractivity contribution is -0.136. The van der Waals surface area contributed by atoms with Crippen molar-refractivity contribution < 1.29 is 23.1 Å². The van der Waals surface area contributed by atoms with Crippen LogP contribution in [0.3, 0.4) is 0 Å². The van der Waals surface area contributed by atoms with Crippen molar-refractivity contribution >= 4 is 26.9 Å². The predicted molar refractivity (Wildman–Crippen MR) is 165 cm³/mol. The first-order valence-corrected chi connectivity index (χ1v) is 15.8. The normalized spacial score (nSPS) is 17.5. The SMILES string of the molecule is CCOc1ccc(S(=O)(=O)N2C[C@@H](C)[C@@H](n3cc(CC(=O)O)c4ccc(-c5cnn(C)c5-c5ccccc5)cc43)C2)cc1. The number of benzene rings is 3. The quantitative estimate of drug-likeness (QED) is 0.236. The zero-order valence-electron chi connectivity index (χ0n) is 24.3. The van der Waals surface area contributed by atoms with Gasteiger partial charge in [-0.15, -0.1) is 0 Å². The number of carboxylic acids is 1. The lowest BCUT2D eigenvalue weighted by Gasteiger charge is -2.19. The molecule has 0 amide bonds. The van der Waals surface area contributed by atoms with Crippen molar-refractivity contribution in [3.63, 3.8) is 0 Å².